The monoisotopic (exact) mass is 292 g/mol. The minimum Gasteiger partial charge on any atom is -0.496 e. The summed E-state index contributed by atoms with van der Waals surface area (Å²) in [7, 11) is 3.49. The van der Waals surface area contributed by atoms with Gasteiger partial charge >= 0.3 is 0 Å². The second-order valence-corrected chi connectivity index (χ2v) is 5.35. The summed E-state index contributed by atoms with van der Waals surface area (Å²) in [5.74, 6) is 0.917. The number of nitrogens with zero attached hydrogens (tertiary/aromatic N) is 1. The van der Waals surface area contributed by atoms with Gasteiger partial charge < -0.3 is 19.7 Å². The van der Waals surface area contributed by atoms with E-state index in [-0.39, 0.29) is 18.0 Å². The first-order chi connectivity index (χ1) is 10.1. The molecule has 2 rings (SSSR count). The van der Waals surface area contributed by atoms with Gasteiger partial charge in [0.2, 0.25) is 5.91 Å². The lowest BCUT2D eigenvalue weighted by Crippen LogP contribution is -2.44. The summed E-state index contributed by atoms with van der Waals surface area (Å²) in [6.45, 7) is 4.14. The number of carbonyl (C=O) groups is 1. The molecule has 0 aliphatic carbocycles. The maximum Gasteiger partial charge on any atom is 0.224 e. The Balaban J connectivity index is 2.00. The second-order valence-electron chi connectivity index (χ2n) is 5.35. The quantitative estimate of drug-likeness (QED) is 0.895. The number of rotatable bonds is 5. The van der Waals surface area contributed by atoms with Crippen molar-refractivity contribution in [2.75, 3.05) is 33.9 Å². The minimum atomic E-state index is -0.0295. The van der Waals surface area contributed by atoms with E-state index < -0.39 is 0 Å². The molecule has 21 heavy (non-hydrogen) atoms. The Morgan fingerprint density at radius 1 is 1.52 bits per heavy atom. The predicted molar refractivity (Wildman–Crippen MR) is 81.4 cm³/mol. The van der Waals surface area contributed by atoms with E-state index in [1.54, 1.807) is 12.0 Å². The first-order valence-corrected chi connectivity index (χ1v) is 7.33. The molecule has 1 heterocycles. The number of hydrogen-bond donors (Lipinski definition) is 1. The van der Waals surface area contributed by atoms with Crippen molar-refractivity contribution >= 4 is 5.91 Å². The van der Waals surface area contributed by atoms with Gasteiger partial charge in [0.15, 0.2) is 0 Å². The van der Waals surface area contributed by atoms with Crippen molar-refractivity contribution in [3.05, 3.63) is 29.8 Å². The highest BCUT2D eigenvalue weighted by Crippen LogP contribution is 2.28. The number of ether oxygens (including phenoxy) is 2. The molecule has 5 heteroatoms. The molecule has 0 saturated carbocycles. The number of methoxy groups -OCH3 is 1. The normalized spacial score (nSPS) is 19.9. The number of para-hydroxylation sites is 1. The van der Waals surface area contributed by atoms with Gasteiger partial charge in [-0.25, -0.2) is 0 Å². The molecule has 0 bridgehead atoms. The smallest absolute Gasteiger partial charge is 0.224 e. The summed E-state index contributed by atoms with van der Waals surface area (Å²) in [5, 5.41) is 3.31. The average molecular weight is 292 g/mol. The van der Waals surface area contributed by atoms with Crippen LogP contribution < -0.4 is 10.1 Å². The molecule has 1 fully saturated rings. The van der Waals surface area contributed by atoms with Crippen LogP contribution in [0.1, 0.15) is 24.9 Å². The maximum absolute atomic E-state index is 12.4. The molecule has 2 unspecified atom stereocenters. The van der Waals surface area contributed by atoms with Crippen LogP contribution in [-0.2, 0) is 9.53 Å². The molecule has 1 aliphatic heterocycles. The molecule has 1 saturated heterocycles. The van der Waals surface area contributed by atoms with Gasteiger partial charge in [-0.3, -0.25) is 4.79 Å². The lowest BCUT2D eigenvalue weighted by Gasteiger charge is -2.29. The zero-order chi connectivity index (χ0) is 15.2. The van der Waals surface area contributed by atoms with Crippen molar-refractivity contribution in [2.24, 2.45) is 0 Å². The van der Waals surface area contributed by atoms with Crippen molar-refractivity contribution in [3.63, 3.8) is 0 Å². The fourth-order valence-electron chi connectivity index (χ4n) is 2.54. The van der Waals surface area contributed by atoms with Crippen LogP contribution in [0.25, 0.3) is 0 Å². The summed E-state index contributed by atoms with van der Waals surface area (Å²) in [6.07, 6.45) is 0.454. The van der Waals surface area contributed by atoms with Crippen LogP contribution in [0.2, 0.25) is 0 Å². The first kappa shape index (κ1) is 15.8. The molecule has 5 nitrogen and oxygen atoms in total. The highest BCUT2D eigenvalue weighted by molar-refractivity contribution is 5.77. The number of nitrogens with one attached hydrogen (secondary N) is 1. The van der Waals surface area contributed by atoms with E-state index in [2.05, 4.69) is 5.32 Å². The lowest BCUT2D eigenvalue weighted by atomic mass is 10.0. The summed E-state index contributed by atoms with van der Waals surface area (Å²) < 4.78 is 10.8. The summed E-state index contributed by atoms with van der Waals surface area (Å²) in [4.78, 5) is 14.2. The Hall–Kier alpha value is -1.59. The van der Waals surface area contributed by atoms with Crippen molar-refractivity contribution in [1.29, 1.82) is 0 Å². The van der Waals surface area contributed by atoms with Crippen molar-refractivity contribution in [1.82, 2.24) is 10.2 Å². The Kier molecular flexibility index (Phi) is 5.59. The second kappa shape index (κ2) is 7.43. The third-order valence-corrected chi connectivity index (χ3v) is 3.98. The molecule has 1 N–H and O–H groups in total. The summed E-state index contributed by atoms with van der Waals surface area (Å²) in [5.41, 5.74) is 1.02. The Labute approximate surface area is 126 Å². The van der Waals surface area contributed by atoms with E-state index in [1.165, 1.54) is 0 Å². The van der Waals surface area contributed by atoms with E-state index in [0.717, 1.165) is 24.5 Å². The third-order valence-electron chi connectivity index (χ3n) is 3.98. The van der Waals surface area contributed by atoms with Crippen LogP contribution in [0.4, 0.5) is 0 Å². The largest absolute Gasteiger partial charge is 0.496 e. The van der Waals surface area contributed by atoms with Crippen molar-refractivity contribution in [2.45, 2.75) is 25.4 Å². The molecule has 1 aliphatic rings. The lowest BCUT2D eigenvalue weighted by molar-refractivity contribution is -0.133. The standard InChI is InChI=1S/C16H24N2O3/c1-12(14-6-4-5-7-15(14)20-3)18(2)16(19)10-13-11-21-9-8-17-13/h4-7,12-13,17H,8-11H2,1-3H3. The number of carbonyl (C=O) groups excluding carboxylic acids is 1. The van der Waals surface area contributed by atoms with E-state index >= 15 is 0 Å². The van der Waals surface area contributed by atoms with Crippen LogP contribution in [0.5, 0.6) is 5.75 Å². The van der Waals surface area contributed by atoms with Gasteiger partial charge in [-0.2, -0.15) is 0 Å². The molecule has 116 valence electrons. The molecular formula is C16H24N2O3. The van der Waals surface area contributed by atoms with Gasteiger partial charge in [-0.05, 0) is 13.0 Å². The van der Waals surface area contributed by atoms with E-state index in [1.807, 2.05) is 38.2 Å². The Morgan fingerprint density at radius 2 is 2.29 bits per heavy atom. The summed E-state index contributed by atoms with van der Waals surface area (Å²) >= 11 is 0. The van der Waals surface area contributed by atoms with Crippen LogP contribution in [-0.4, -0.2) is 50.8 Å². The molecule has 0 spiro atoms. The molecule has 0 aromatic heterocycles. The highest BCUT2D eigenvalue weighted by atomic mass is 16.5. The average Bonchev–Trinajstić information content (AvgIpc) is 2.54. The van der Waals surface area contributed by atoms with Gasteiger partial charge in [0.1, 0.15) is 5.75 Å². The molecule has 1 aromatic rings. The van der Waals surface area contributed by atoms with E-state index in [9.17, 15) is 4.79 Å². The summed E-state index contributed by atoms with van der Waals surface area (Å²) in [6, 6.07) is 7.89. The highest BCUT2D eigenvalue weighted by Gasteiger charge is 2.24. The van der Waals surface area contributed by atoms with Gasteiger partial charge in [-0.15, -0.1) is 0 Å². The fraction of sp³-hybridized carbons (Fsp3) is 0.562. The Morgan fingerprint density at radius 3 is 2.95 bits per heavy atom. The van der Waals surface area contributed by atoms with Gasteiger partial charge in [0, 0.05) is 31.6 Å². The van der Waals surface area contributed by atoms with E-state index in [0.29, 0.717) is 13.0 Å². The third kappa shape index (κ3) is 3.95. The molecule has 1 aromatic carbocycles. The molecule has 0 radical (unpaired) electrons. The van der Waals surface area contributed by atoms with E-state index in [4.69, 9.17) is 9.47 Å². The SMILES string of the molecule is COc1ccccc1C(C)N(C)C(=O)CC1COCCN1. The van der Waals surface area contributed by atoms with Gasteiger partial charge in [0.05, 0.1) is 26.4 Å². The first-order valence-electron chi connectivity index (χ1n) is 7.33. The molecular weight excluding hydrogens is 268 g/mol. The molecule has 2 atom stereocenters. The number of hydrogen-bond acceptors (Lipinski definition) is 4. The predicted octanol–water partition coefficient (Wildman–Crippen LogP) is 1.59. The zero-order valence-corrected chi connectivity index (χ0v) is 13.0. The maximum atomic E-state index is 12.4. The minimum absolute atomic E-state index is 0.0295. The van der Waals surface area contributed by atoms with Crippen LogP contribution >= 0.6 is 0 Å². The van der Waals surface area contributed by atoms with Crippen LogP contribution in [0.15, 0.2) is 24.3 Å². The van der Waals surface area contributed by atoms with Crippen LogP contribution in [0, 0.1) is 0 Å². The van der Waals surface area contributed by atoms with Gasteiger partial charge in [0.25, 0.3) is 0 Å². The Bertz CT molecular complexity index is 472. The topological polar surface area (TPSA) is 50.8 Å². The number of morpholine rings is 1. The van der Waals surface area contributed by atoms with Crippen molar-refractivity contribution in [3.8, 4) is 5.75 Å². The molecule has 1 amide bonds. The zero-order valence-electron chi connectivity index (χ0n) is 13.0. The van der Waals surface area contributed by atoms with Crippen LogP contribution in [0.3, 0.4) is 0 Å². The fourth-order valence-corrected chi connectivity index (χ4v) is 2.54. The van der Waals surface area contributed by atoms with Gasteiger partial charge in [-0.1, -0.05) is 18.2 Å². The number of benzene rings is 1. The number of amides is 1. The van der Waals surface area contributed by atoms with Crippen molar-refractivity contribution < 1.29 is 14.3 Å².